The molecule has 2 aliphatic rings. The number of pyridine rings is 1. The number of hydrogen-bond donors (Lipinski definition) is 2. The van der Waals surface area contributed by atoms with Crippen molar-refractivity contribution in [2.75, 3.05) is 0 Å². The summed E-state index contributed by atoms with van der Waals surface area (Å²) in [6.07, 6.45) is 0.0385. The van der Waals surface area contributed by atoms with Gasteiger partial charge in [0.1, 0.15) is 0 Å². The number of nitrogens with zero attached hydrogens (tertiary/aromatic N) is 4. The van der Waals surface area contributed by atoms with Crippen LogP contribution in [0.3, 0.4) is 0 Å². The van der Waals surface area contributed by atoms with Crippen molar-refractivity contribution in [1.29, 1.82) is 0 Å². The van der Waals surface area contributed by atoms with E-state index in [4.69, 9.17) is 10.7 Å². The molecule has 0 bridgehead atoms. The fourth-order valence-electron chi connectivity index (χ4n) is 5.89. The minimum Gasteiger partial charge on any atom is -0.366 e. The lowest BCUT2D eigenvalue weighted by Crippen LogP contribution is -2.30. The number of halogens is 5. The summed E-state index contributed by atoms with van der Waals surface area (Å²) in [5.41, 5.74) is 8.71. The number of fused-ring (bicyclic) bond motifs is 1. The Labute approximate surface area is 245 Å². The van der Waals surface area contributed by atoms with Crippen molar-refractivity contribution in [2.24, 2.45) is 17.6 Å². The number of carbonyl (C=O) groups is 2. The maximum absolute atomic E-state index is 14.1. The van der Waals surface area contributed by atoms with Crippen LogP contribution in [0.1, 0.15) is 116 Å². The number of aromatic nitrogens is 4. The van der Waals surface area contributed by atoms with Crippen LogP contribution >= 0.6 is 0 Å². The van der Waals surface area contributed by atoms with E-state index in [0.717, 1.165) is 18.4 Å². The fraction of sp³-hybridized carbons (Fsp3) is 0.567. The van der Waals surface area contributed by atoms with Crippen LogP contribution in [0.25, 0.3) is 5.65 Å². The highest BCUT2D eigenvalue weighted by Gasteiger charge is 2.41. The molecule has 43 heavy (non-hydrogen) atoms. The van der Waals surface area contributed by atoms with Gasteiger partial charge in [0.25, 0.3) is 5.91 Å². The van der Waals surface area contributed by atoms with Gasteiger partial charge in [-0.2, -0.15) is 18.3 Å². The molecule has 0 aromatic carbocycles. The van der Waals surface area contributed by atoms with Gasteiger partial charge in [-0.1, -0.05) is 13.8 Å². The molecule has 8 nitrogen and oxygen atoms in total. The van der Waals surface area contributed by atoms with Crippen LogP contribution in [0.5, 0.6) is 0 Å². The average Bonchev–Trinajstić information content (AvgIpc) is 3.69. The number of rotatable bonds is 10. The predicted octanol–water partition coefficient (Wildman–Crippen LogP) is 6.21. The van der Waals surface area contributed by atoms with Crippen molar-refractivity contribution in [3.63, 3.8) is 0 Å². The van der Waals surface area contributed by atoms with Gasteiger partial charge >= 0.3 is 6.18 Å². The van der Waals surface area contributed by atoms with Gasteiger partial charge in [-0.05, 0) is 66.7 Å². The van der Waals surface area contributed by atoms with Gasteiger partial charge in [-0.25, -0.2) is 18.3 Å². The van der Waals surface area contributed by atoms with E-state index in [2.05, 4.69) is 15.4 Å². The quantitative estimate of drug-likeness (QED) is 0.266. The van der Waals surface area contributed by atoms with E-state index in [-0.39, 0.29) is 49.0 Å². The second-order valence-corrected chi connectivity index (χ2v) is 12.1. The smallest absolute Gasteiger partial charge is 0.366 e. The Hall–Kier alpha value is -3.64. The highest BCUT2D eigenvalue weighted by molar-refractivity contribution is 5.94. The number of hydrogen-bond acceptors (Lipinski definition) is 5. The summed E-state index contributed by atoms with van der Waals surface area (Å²) in [7, 11) is 0. The average molecular weight is 607 g/mol. The molecule has 2 aliphatic carbocycles. The number of nitrogens with one attached hydrogen (secondary N) is 1. The molecule has 0 saturated heterocycles. The first-order chi connectivity index (χ1) is 20.2. The Morgan fingerprint density at radius 1 is 1.07 bits per heavy atom. The Kier molecular flexibility index (Phi) is 8.45. The molecule has 3 heterocycles. The minimum atomic E-state index is -4.43. The number of imidazole rings is 1. The molecule has 2 saturated carbocycles. The Morgan fingerprint density at radius 2 is 1.77 bits per heavy atom. The number of primary amides is 1. The van der Waals surface area contributed by atoms with Crippen molar-refractivity contribution in [2.45, 2.75) is 95.2 Å². The minimum absolute atomic E-state index is 0.0759. The van der Waals surface area contributed by atoms with Gasteiger partial charge in [0.2, 0.25) is 11.8 Å². The molecule has 232 valence electrons. The Morgan fingerprint density at radius 3 is 2.37 bits per heavy atom. The molecule has 3 aromatic rings. The molecule has 13 heteroatoms. The summed E-state index contributed by atoms with van der Waals surface area (Å²) in [4.78, 5) is 34.4. The van der Waals surface area contributed by atoms with Gasteiger partial charge in [-0.3, -0.25) is 14.6 Å². The summed E-state index contributed by atoms with van der Waals surface area (Å²) in [6.45, 7) is 3.92. The third kappa shape index (κ3) is 7.30. The fourth-order valence-corrected chi connectivity index (χ4v) is 5.89. The zero-order valence-electron chi connectivity index (χ0n) is 24.0. The number of alkyl halides is 5. The molecule has 5 rings (SSSR count). The van der Waals surface area contributed by atoms with Gasteiger partial charge in [0.05, 0.1) is 41.8 Å². The standard InChI is InChI=1S/C30H35F5N6O2/c1-16(2)19-11-21(28(36)43)27(37-13-19)25(17-5-8-29(31,32)9-6-17)22-15-41-23(39-22)12-20(14-38-41)26(18-3-4-18)40-24(42)7-10-30(33,34)35/h11-18,25-26H,3-10H2,1-2H3,(H2,36,43)(H,40,42)/t25-,26-/m1/s1. The van der Waals surface area contributed by atoms with Gasteiger partial charge in [0, 0.05) is 31.4 Å². The van der Waals surface area contributed by atoms with E-state index >= 15 is 0 Å². The van der Waals surface area contributed by atoms with Crippen molar-refractivity contribution in [3.05, 3.63) is 58.8 Å². The summed E-state index contributed by atoms with van der Waals surface area (Å²) < 4.78 is 67.7. The molecule has 3 aromatic heterocycles. The summed E-state index contributed by atoms with van der Waals surface area (Å²) in [5, 5.41) is 7.19. The van der Waals surface area contributed by atoms with E-state index in [1.807, 2.05) is 13.8 Å². The van der Waals surface area contributed by atoms with E-state index in [1.54, 1.807) is 30.7 Å². The first kappa shape index (κ1) is 30.8. The normalized spacial score (nSPS) is 19.0. The largest absolute Gasteiger partial charge is 0.389 e. The molecular formula is C30H35F5N6O2. The number of carbonyl (C=O) groups excluding carboxylic acids is 2. The first-order valence-corrected chi connectivity index (χ1v) is 14.6. The summed E-state index contributed by atoms with van der Waals surface area (Å²) in [5.74, 6) is -4.86. The Bertz CT molecular complexity index is 1490. The van der Waals surface area contributed by atoms with Crippen LogP contribution in [-0.2, 0) is 4.79 Å². The van der Waals surface area contributed by atoms with Crippen molar-refractivity contribution in [3.8, 4) is 0 Å². The summed E-state index contributed by atoms with van der Waals surface area (Å²) >= 11 is 0. The predicted molar refractivity (Wildman–Crippen MR) is 147 cm³/mol. The van der Waals surface area contributed by atoms with Crippen LogP contribution in [-0.4, -0.2) is 43.5 Å². The highest BCUT2D eigenvalue weighted by atomic mass is 19.4. The highest BCUT2D eigenvalue weighted by Crippen LogP contribution is 2.45. The van der Waals surface area contributed by atoms with E-state index in [0.29, 0.717) is 22.6 Å². The molecule has 0 unspecified atom stereocenters. The summed E-state index contributed by atoms with van der Waals surface area (Å²) in [6, 6.07) is 2.91. The molecule has 2 amide bonds. The third-order valence-corrected chi connectivity index (χ3v) is 8.48. The molecule has 2 fully saturated rings. The van der Waals surface area contributed by atoms with E-state index < -0.39 is 48.7 Å². The van der Waals surface area contributed by atoms with E-state index in [9.17, 15) is 31.5 Å². The molecular weight excluding hydrogens is 571 g/mol. The maximum atomic E-state index is 14.1. The van der Waals surface area contributed by atoms with Gasteiger partial charge < -0.3 is 11.1 Å². The van der Waals surface area contributed by atoms with Crippen molar-refractivity contribution >= 4 is 17.5 Å². The topological polar surface area (TPSA) is 115 Å². The Balaban J connectivity index is 1.50. The zero-order valence-corrected chi connectivity index (χ0v) is 24.0. The molecule has 3 N–H and O–H groups in total. The molecule has 0 spiro atoms. The maximum Gasteiger partial charge on any atom is 0.389 e. The monoisotopic (exact) mass is 606 g/mol. The van der Waals surface area contributed by atoms with Crippen LogP contribution < -0.4 is 11.1 Å². The van der Waals surface area contributed by atoms with Crippen LogP contribution in [0.4, 0.5) is 22.0 Å². The van der Waals surface area contributed by atoms with Crippen molar-refractivity contribution in [1.82, 2.24) is 24.9 Å². The van der Waals surface area contributed by atoms with E-state index in [1.165, 1.54) is 4.52 Å². The van der Waals surface area contributed by atoms with Crippen LogP contribution in [0, 0.1) is 11.8 Å². The lowest BCUT2D eigenvalue weighted by Gasteiger charge is -2.33. The number of amides is 2. The second-order valence-electron chi connectivity index (χ2n) is 12.1. The lowest BCUT2D eigenvalue weighted by atomic mass is 9.75. The lowest BCUT2D eigenvalue weighted by molar-refractivity contribution is -0.144. The zero-order chi connectivity index (χ0) is 31.1. The SMILES string of the molecule is CC(C)c1cnc([C@@H](c2cn3ncc([C@H](NC(=O)CCC(F)(F)F)C4CC4)cc3n2)C2CCC(F)(F)CC2)c(C(N)=O)c1. The molecule has 2 atom stereocenters. The first-order valence-electron chi connectivity index (χ1n) is 14.6. The number of nitrogens with two attached hydrogens (primary N) is 1. The van der Waals surface area contributed by atoms with Crippen LogP contribution in [0.15, 0.2) is 30.7 Å². The van der Waals surface area contributed by atoms with Gasteiger partial charge in [0.15, 0.2) is 5.65 Å². The molecule has 0 aliphatic heterocycles. The third-order valence-electron chi connectivity index (χ3n) is 8.48. The molecule has 0 radical (unpaired) electrons. The second kappa shape index (κ2) is 11.8. The van der Waals surface area contributed by atoms with Crippen LogP contribution in [0.2, 0.25) is 0 Å². The van der Waals surface area contributed by atoms with Crippen molar-refractivity contribution < 1.29 is 31.5 Å². The van der Waals surface area contributed by atoms with Gasteiger partial charge in [-0.15, -0.1) is 0 Å².